The predicted octanol–water partition coefficient (Wildman–Crippen LogP) is 4.34. The van der Waals surface area contributed by atoms with E-state index in [1.54, 1.807) is 12.1 Å². The summed E-state index contributed by atoms with van der Waals surface area (Å²) in [6.45, 7) is 0. The monoisotopic (exact) mass is 345 g/mol. The maximum absolute atomic E-state index is 13.5. The number of carbonyl (C=O) groups is 2. The number of fused-ring (bicyclic) bond motifs is 3. The van der Waals surface area contributed by atoms with Gasteiger partial charge in [-0.3, -0.25) is 14.6 Å². The molecule has 1 heterocycles. The maximum atomic E-state index is 13.5. The number of hydrogen-bond acceptors (Lipinski definition) is 3. The number of carbonyl (C=O) groups excluding carboxylic acids is 2. The highest BCUT2D eigenvalue weighted by Crippen LogP contribution is 2.49. The molecule has 26 heavy (non-hydrogen) atoms. The van der Waals surface area contributed by atoms with Crippen molar-refractivity contribution in [3.8, 4) is 0 Å². The molecule has 5 rings (SSSR count). The van der Waals surface area contributed by atoms with E-state index in [9.17, 15) is 14.0 Å². The number of rotatable bonds is 1. The molecule has 3 nitrogen and oxygen atoms in total. The fraction of sp³-hybridized carbons (Fsp3) is 0.227. The number of hydrogen-bond donors (Lipinski definition) is 0. The third-order valence-electron chi connectivity index (χ3n) is 5.62. The Balaban J connectivity index is 1.75. The number of Topliss-reactive ketones (excluding diaryl/α,β-unsaturated/α-hetero) is 2. The number of nitrogens with zero attached hydrogens (tertiary/aromatic N) is 1. The highest BCUT2D eigenvalue weighted by atomic mass is 19.1. The molecule has 2 atom stereocenters. The van der Waals surface area contributed by atoms with Gasteiger partial charge in [0.05, 0.1) is 11.6 Å². The Hall–Kier alpha value is -2.88. The van der Waals surface area contributed by atoms with E-state index < -0.39 is 5.92 Å². The van der Waals surface area contributed by atoms with Crippen LogP contribution in [0.5, 0.6) is 0 Å². The van der Waals surface area contributed by atoms with E-state index in [1.807, 2.05) is 24.3 Å². The Bertz CT molecular complexity index is 1020. The molecule has 1 fully saturated rings. The van der Waals surface area contributed by atoms with Crippen molar-refractivity contribution in [1.82, 2.24) is 0 Å². The van der Waals surface area contributed by atoms with Crippen molar-refractivity contribution in [2.24, 2.45) is 10.9 Å². The fourth-order valence-corrected chi connectivity index (χ4v) is 4.48. The van der Waals surface area contributed by atoms with Crippen LogP contribution < -0.4 is 0 Å². The molecule has 2 aromatic carbocycles. The van der Waals surface area contributed by atoms with Crippen LogP contribution in [0.15, 0.2) is 59.1 Å². The van der Waals surface area contributed by atoms with E-state index in [2.05, 4.69) is 0 Å². The summed E-state index contributed by atoms with van der Waals surface area (Å²) in [7, 11) is 0. The van der Waals surface area contributed by atoms with Crippen LogP contribution in [0.3, 0.4) is 0 Å². The second-order valence-electron chi connectivity index (χ2n) is 7.07. The van der Waals surface area contributed by atoms with Gasteiger partial charge in [0.25, 0.3) is 0 Å². The smallest absolute Gasteiger partial charge is 0.192 e. The number of ketones is 2. The van der Waals surface area contributed by atoms with Crippen molar-refractivity contribution in [2.45, 2.75) is 25.2 Å². The van der Waals surface area contributed by atoms with Gasteiger partial charge in [-0.2, -0.15) is 0 Å². The summed E-state index contributed by atoms with van der Waals surface area (Å²) >= 11 is 0. The van der Waals surface area contributed by atoms with Gasteiger partial charge in [0.15, 0.2) is 5.78 Å². The van der Waals surface area contributed by atoms with Crippen molar-refractivity contribution in [1.29, 1.82) is 0 Å². The summed E-state index contributed by atoms with van der Waals surface area (Å²) in [4.78, 5) is 30.7. The molecule has 1 saturated carbocycles. The zero-order valence-corrected chi connectivity index (χ0v) is 14.0. The molecular formula is C22H16FNO2. The van der Waals surface area contributed by atoms with E-state index in [-0.39, 0.29) is 23.3 Å². The van der Waals surface area contributed by atoms with Crippen LogP contribution in [0.25, 0.3) is 5.70 Å². The van der Waals surface area contributed by atoms with Crippen LogP contribution in [0.2, 0.25) is 0 Å². The summed E-state index contributed by atoms with van der Waals surface area (Å²) in [5.41, 5.74) is 4.41. The first-order valence-corrected chi connectivity index (χ1v) is 8.89. The summed E-state index contributed by atoms with van der Waals surface area (Å²) in [6, 6.07) is 13.6. The standard InChI is InChI=1S/C22H16FNO2/c23-13-10-8-12(9-11-13)18-19-16(6-3-7-17(19)25)24-21-14-4-1-2-5-15(14)22(26)20(18)21/h1-2,4-5,8-11,18-19H,3,6-7H2/t18-,19?/m1/s1. The topological polar surface area (TPSA) is 46.5 Å². The Morgan fingerprint density at radius 3 is 2.38 bits per heavy atom. The minimum atomic E-state index is -0.411. The molecule has 0 radical (unpaired) electrons. The zero-order chi connectivity index (χ0) is 17.8. The predicted molar refractivity (Wildman–Crippen MR) is 96.6 cm³/mol. The molecule has 0 aromatic heterocycles. The third-order valence-corrected chi connectivity index (χ3v) is 5.62. The minimum absolute atomic E-state index is 0.0638. The van der Waals surface area contributed by atoms with E-state index in [0.29, 0.717) is 23.3 Å². The van der Waals surface area contributed by atoms with Gasteiger partial charge in [0.1, 0.15) is 11.6 Å². The highest BCUT2D eigenvalue weighted by molar-refractivity contribution is 6.25. The van der Waals surface area contributed by atoms with Crippen LogP contribution in [0.1, 0.15) is 46.7 Å². The number of halogens is 1. The molecule has 0 bridgehead atoms. The van der Waals surface area contributed by atoms with Crippen molar-refractivity contribution >= 4 is 23.0 Å². The first-order chi connectivity index (χ1) is 12.6. The molecule has 0 spiro atoms. The second kappa shape index (κ2) is 5.56. The van der Waals surface area contributed by atoms with E-state index in [4.69, 9.17) is 4.99 Å². The van der Waals surface area contributed by atoms with E-state index in [1.165, 1.54) is 12.1 Å². The molecule has 2 aromatic rings. The van der Waals surface area contributed by atoms with Gasteiger partial charge in [0, 0.05) is 34.8 Å². The van der Waals surface area contributed by atoms with Crippen LogP contribution in [0, 0.1) is 11.7 Å². The van der Waals surface area contributed by atoms with Crippen molar-refractivity contribution in [3.05, 3.63) is 76.6 Å². The molecule has 2 aliphatic carbocycles. The van der Waals surface area contributed by atoms with Gasteiger partial charge in [-0.25, -0.2) is 4.39 Å². The molecule has 1 aliphatic heterocycles. The van der Waals surface area contributed by atoms with Crippen LogP contribution >= 0.6 is 0 Å². The van der Waals surface area contributed by atoms with Gasteiger partial charge in [-0.1, -0.05) is 36.4 Å². The third kappa shape index (κ3) is 2.08. The van der Waals surface area contributed by atoms with Crippen LogP contribution in [0.4, 0.5) is 4.39 Å². The maximum Gasteiger partial charge on any atom is 0.192 e. The number of benzene rings is 2. The lowest BCUT2D eigenvalue weighted by atomic mass is 9.69. The Labute approximate surface area is 150 Å². The second-order valence-corrected chi connectivity index (χ2v) is 7.07. The molecule has 1 unspecified atom stereocenters. The summed E-state index contributed by atoms with van der Waals surface area (Å²) in [6.07, 6.45) is 2.06. The number of aliphatic imine (C=N–C) groups is 1. The summed E-state index contributed by atoms with van der Waals surface area (Å²) in [5.74, 6) is -1.06. The molecule has 0 amide bonds. The average Bonchev–Trinajstić information content (AvgIpc) is 2.94. The van der Waals surface area contributed by atoms with Crippen LogP contribution in [-0.4, -0.2) is 17.3 Å². The SMILES string of the molecule is O=C1C2=C(N=C3CCCC(=O)C3[C@H]2c2ccc(F)cc2)c2ccccc21. The Morgan fingerprint density at radius 1 is 0.885 bits per heavy atom. The molecule has 0 saturated heterocycles. The molecule has 3 aliphatic rings. The van der Waals surface area contributed by atoms with Crippen molar-refractivity contribution in [2.75, 3.05) is 0 Å². The first-order valence-electron chi connectivity index (χ1n) is 8.89. The summed E-state index contributed by atoms with van der Waals surface area (Å²) < 4.78 is 13.5. The fourth-order valence-electron chi connectivity index (χ4n) is 4.48. The van der Waals surface area contributed by atoms with Gasteiger partial charge in [-0.05, 0) is 30.5 Å². The zero-order valence-electron chi connectivity index (χ0n) is 14.0. The molecule has 0 N–H and O–H groups in total. The largest absolute Gasteiger partial charge is 0.299 e. The van der Waals surface area contributed by atoms with Gasteiger partial charge < -0.3 is 0 Å². The van der Waals surface area contributed by atoms with Crippen molar-refractivity contribution < 1.29 is 14.0 Å². The average molecular weight is 345 g/mol. The molecular weight excluding hydrogens is 329 g/mol. The minimum Gasteiger partial charge on any atom is -0.299 e. The summed E-state index contributed by atoms with van der Waals surface area (Å²) in [5, 5.41) is 0. The quantitative estimate of drug-likeness (QED) is 0.772. The molecule has 4 heteroatoms. The van der Waals surface area contributed by atoms with E-state index >= 15 is 0 Å². The molecule has 128 valence electrons. The highest BCUT2D eigenvalue weighted by Gasteiger charge is 2.46. The van der Waals surface area contributed by atoms with Gasteiger partial charge >= 0.3 is 0 Å². The lowest BCUT2D eigenvalue weighted by Crippen LogP contribution is -2.37. The lowest BCUT2D eigenvalue weighted by Gasteiger charge is -2.34. The number of allylic oxidation sites excluding steroid dienone is 1. The Morgan fingerprint density at radius 2 is 1.62 bits per heavy atom. The normalized spacial score (nSPS) is 24.1. The van der Waals surface area contributed by atoms with Crippen molar-refractivity contribution in [3.63, 3.8) is 0 Å². The first kappa shape index (κ1) is 15.4. The van der Waals surface area contributed by atoms with E-state index in [0.717, 1.165) is 29.7 Å². The lowest BCUT2D eigenvalue weighted by molar-refractivity contribution is -0.121. The Kier molecular flexibility index (Phi) is 3.29. The van der Waals surface area contributed by atoms with Gasteiger partial charge in [0.2, 0.25) is 0 Å². The van der Waals surface area contributed by atoms with Gasteiger partial charge in [-0.15, -0.1) is 0 Å². The van der Waals surface area contributed by atoms with Crippen LogP contribution in [-0.2, 0) is 4.79 Å².